The molecule has 28 heavy (non-hydrogen) atoms. The standard InChI is InChI=1S/C20H34N4O2S.HI/c1-4-17(5-2)15-22-20(21-3)23-16-18-11-13-24(14-12-18)27(25,26)19-9-7-6-8-10-19;/h6-10,17-18H,4-5,11-16H2,1-3H3,(H2,21,22,23);1H. The second-order valence-corrected chi connectivity index (χ2v) is 9.11. The van der Waals surface area contributed by atoms with E-state index < -0.39 is 10.0 Å². The molecule has 6 nitrogen and oxygen atoms in total. The van der Waals surface area contributed by atoms with E-state index in [2.05, 4.69) is 29.5 Å². The molecule has 0 atom stereocenters. The molecule has 0 saturated carbocycles. The fraction of sp³-hybridized carbons (Fsp3) is 0.650. The van der Waals surface area contributed by atoms with Crippen LogP contribution in [0.15, 0.2) is 40.2 Å². The van der Waals surface area contributed by atoms with Crippen LogP contribution in [-0.2, 0) is 10.0 Å². The third-order valence-corrected chi connectivity index (χ3v) is 7.36. The molecule has 1 saturated heterocycles. The van der Waals surface area contributed by atoms with Gasteiger partial charge in [-0.05, 0) is 36.8 Å². The van der Waals surface area contributed by atoms with Gasteiger partial charge in [0.2, 0.25) is 10.0 Å². The first kappa shape index (κ1) is 25.2. The maximum Gasteiger partial charge on any atom is 0.243 e. The Labute approximate surface area is 187 Å². The molecule has 0 spiro atoms. The van der Waals surface area contributed by atoms with Gasteiger partial charge in [0, 0.05) is 33.2 Å². The Morgan fingerprint density at radius 3 is 2.29 bits per heavy atom. The Bertz CT molecular complexity index is 685. The number of nitrogens with one attached hydrogen (secondary N) is 2. The molecule has 2 rings (SSSR count). The van der Waals surface area contributed by atoms with E-state index in [0.29, 0.717) is 29.8 Å². The Kier molecular flexibility index (Phi) is 11.4. The van der Waals surface area contributed by atoms with E-state index in [-0.39, 0.29) is 24.0 Å². The molecule has 0 radical (unpaired) electrons. The molecule has 160 valence electrons. The summed E-state index contributed by atoms with van der Waals surface area (Å²) >= 11 is 0. The van der Waals surface area contributed by atoms with Crippen molar-refractivity contribution in [2.45, 2.75) is 44.4 Å². The number of rotatable bonds is 8. The lowest BCUT2D eigenvalue weighted by Gasteiger charge is -2.31. The van der Waals surface area contributed by atoms with Crippen molar-refractivity contribution >= 4 is 40.0 Å². The number of sulfonamides is 1. The maximum atomic E-state index is 12.7. The summed E-state index contributed by atoms with van der Waals surface area (Å²) in [4.78, 5) is 4.68. The summed E-state index contributed by atoms with van der Waals surface area (Å²) in [6.45, 7) is 7.32. The lowest BCUT2D eigenvalue weighted by molar-refractivity contribution is 0.273. The zero-order valence-corrected chi connectivity index (χ0v) is 20.4. The van der Waals surface area contributed by atoms with Crippen LogP contribution in [0.5, 0.6) is 0 Å². The Morgan fingerprint density at radius 2 is 1.75 bits per heavy atom. The van der Waals surface area contributed by atoms with Crippen LogP contribution in [0, 0.1) is 11.8 Å². The van der Waals surface area contributed by atoms with Gasteiger partial charge in [-0.1, -0.05) is 44.9 Å². The second kappa shape index (κ2) is 12.6. The highest BCUT2D eigenvalue weighted by Crippen LogP contribution is 2.23. The molecule has 2 N–H and O–H groups in total. The third kappa shape index (κ3) is 7.18. The van der Waals surface area contributed by atoms with Crippen molar-refractivity contribution in [3.63, 3.8) is 0 Å². The zero-order chi connectivity index (χ0) is 19.7. The van der Waals surface area contributed by atoms with E-state index >= 15 is 0 Å². The van der Waals surface area contributed by atoms with Crippen molar-refractivity contribution in [3.8, 4) is 0 Å². The summed E-state index contributed by atoms with van der Waals surface area (Å²) in [5, 5.41) is 6.80. The molecular formula is C20H35IN4O2S. The van der Waals surface area contributed by atoms with E-state index in [1.165, 1.54) is 0 Å². The summed E-state index contributed by atoms with van der Waals surface area (Å²) in [6, 6.07) is 8.70. The average Bonchev–Trinajstić information content (AvgIpc) is 2.72. The molecule has 8 heteroatoms. The van der Waals surface area contributed by atoms with Gasteiger partial charge in [-0.2, -0.15) is 4.31 Å². The second-order valence-electron chi connectivity index (χ2n) is 7.18. The quantitative estimate of drug-likeness (QED) is 0.312. The minimum absolute atomic E-state index is 0. The highest BCUT2D eigenvalue weighted by molar-refractivity contribution is 14.0. The predicted octanol–water partition coefficient (Wildman–Crippen LogP) is 3.31. The Morgan fingerprint density at radius 1 is 1.14 bits per heavy atom. The number of hydrogen-bond acceptors (Lipinski definition) is 3. The third-order valence-electron chi connectivity index (χ3n) is 5.45. The van der Waals surface area contributed by atoms with Gasteiger partial charge in [0.1, 0.15) is 0 Å². The summed E-state index contributed by atoms with van der Waals surface area (Å²) in [6.07, 6.45) is 4.05. The van der Waals surface area contributed by atoms with Crippen LogP contribution in [0.3, 0.4) is 0 Å². The smallest absolute Gasteiger partial charge is 0.243 e. The van der Waals surface area contributed by atoms with Gasteiger partial charge in [0.05, 0.1) is 4.90 Å². The predicted molar refractivity (Wildman–Crippen MR) is 127 cm³/mol. The van der Waals surface area contributed by atoms with Gasteiger partial charge in [-0.15, -0.1) is 24.0 Å². The highest BCUT2D eigenvalue weighted by Gasteiger charge is 2.29. The van der Waals surface area contributed by atoms with Gasteiger partial charge in [-0.3, -0.25) is 4.99 Å². The highest BCUT2D eigenvalue weighted by atomic mass is 127. The summed E-state index contributed by atoms with van der Waals surface area (Å²) in [5.41, 5.74) is 0. The number of hydrogen-bond donors (Lipinski definition) is 2. The molecule has 0 aliphatic carbocycles. The van der Waals surface area contributed by atoms with Crippen molar-refractivity contribution < 1.29 is 8.42 Å². The van der Waals surface area contributed by atoms with Crippen LogP contribution in [0.1, 0.15) is 39.5 Å². The fourth-order valence-corrected chi connectivity index (χ4v) is 4.87. The van der Waals surface area contributed by atoms with Crippen LogP contribution in [0.2, 0.25) is 0 Å². The lowest BCUT2D eigenvalue weighted by atomic mass is 9.98. The molecule has 1 aliphatic heterocycles. The summed E-state index contributed by atoms with van der Waals surface area (Å²) in [5.74, 6) is 1.95. The van der Waals surface area contributed by atoms with E-state index in [4.69, 9.17) is 0 Å². The number of benzene rings is 1. The van der Waals surface area contributed by atoms with E-state index in [1.807, 2.05) is 6.07 Å². The molecule has 1 aromatic carbocycles. The van der Waals surface area contributed by atoms with Crippen molar-refractivity contribution in [2.75, 3.05) is 33.2 Å². The first-order chi connectivity index (χ1) is 13.0. The zero-order valence-electron chi connectivity index (χ0n) is 17.2. The molecule has 1 heterocycles. The van der Waals surface area contributed by atoms with Crippen LogP contribution >= 0.6 is 24.0 Å². The molecule has 1 fully saturated rings. The molecule has 0 aromatic heterocycles. The van der Waals surface area contributed by atoms with Crippen molar-refractivity contribution in [1.82, 2.24) is 14.9 Å². The number of guanidine groups is 1. The van der Waals surface area contributed by atoms with Gasteiger partial charge in [-0.25, -0.2) is 8.42 Å². The van der Waals surface area contributed by atoms with Crippen LogP contribution < -0.4 is 10.6 Å². The van der Waals surface area contributed by atoms with E-state index in [0.717, 1.165) is 44.7 Å². The van der Waals surface area contributed by atoms with Gasteiger partial charge < -0.3 is 10.6 Å². The SMILES string of the molecule is CCC(CC)CNC(=NC)NCC1CCN(S(=O)(=O)c2ccccc2)CC1.I. The van der Waals surface area contributed by atoms with Crippen LogP contribution in [-0.4, -0.2) is 51.9 Å². The number of aliphatic imine (C=N–C) groups is 1. The number of halogens is 1. The fourth-order valence-electron chi connectivity index (χ4n) is 3.38. The average molecular weight is 522 g/mol. The van der Waals surface area contributed by atoms with Crippen LogP contribution in [0.25, 0.3) is 0 Å². The molecule has 1 aliphatic rings. The molecular weight excluding hydrogens is 487 g/mol. The Balaban J connectivity index is 0.00000392. The molecule has 1 aromatic rings. The van der Waals surface area contributed by atoms with E-state index in [9.17, 15) is 8.42 Å². The first-order valence-electron chi connectivity index (χ1n) is 10.0. The number of piperidine rings is 1. The molecule has 0 unspecified atom stereocenters. The summed E-state index contributed by atoms with van der Waals surface area (Å²) < 4.78 is 27.0. The van der Waals surface area contributed by atoms with Crippen LogP contribution in [0.4, 0.5) is 0 Å². The Hall–Kier alpha value is -0.870. The normalized spacial score (nSPS) is 16.6. The van der Waals surface area contributed by atoms with E-state index in [1.54, 1.807) is 35.6 Å². The lowest BCUT2D eigenvalue weighted by Crippen LogP contribution is -2.45. The van der Waals surface area contributed by atoms with Crippen molar-refractivity contribution in [2.24, 2.45) is 16.8 Å². The van der Waals surface area contributed by atoms with Crippen molar-refractivity contribution in [1.29, 1.82) is 0 Å². The minimum Gasteiger partial charge on any atom is -0.356 e. The topological polar surface area (TPSA) is 73.8 Å². The van der Waals surface area contributed by atoms with Gasteiger partial charge in [0.25, 0.3) is 0 Å². The monoisotopic (exact) mass is 522 g/mol. The number of nitrogens with zero attached hydrogens (tertiary/aromatic N) is 2. The minimum atomic E-state index is -3.37. The van der Waals surface area contributed by atoms with Gasteiger partial charge >= 0.3 is 0 Å². The maximum absolute atomic E-state index is 12.7. The molecule has 0 amide bonds. The van der Waals surface area contributed by atoms with Crippen molar-refractivity contribution in [3.05, 3.63) is 30.3 Å². The molecule has 0 bridgehead atoms. The first-order valence-corrected chi connectivity index (χ1v) is 11.4. The summed E-state index contributed by atoms with van der Waals surface area (Å²) in [7, 11) is -1.58. The van der Waals surface area contributed by atoms with Gasteiger partial charge in [0.15, 0.2) is 5.96 Å². The largest absolute Gasteiger partial charge is 0.356 e.